The summed E-state index contributed by atoms with van der Waals surface area (Å²) < 4.78 is 0.708. The lowest BCUT2D eigenvalue weighted by Crippen LogP contribution is -1.84. The average molecular weight is 131 g/mol. The zero-order valence-electron chi connectivity index (χ0n) is 3.96. The van der Waals surface area contributed by atoms with Crippen molar-refractivity contribution >= 4 is 23.5 Å². The topological polar surface area (TPSA) is 0 Å². The Hall–Kier alpha value is 0.440. The third kappa shape index (κ3) is 1.42. The van der Waals surface area contributed by atoms with Gasteiger partial charge < -0.3 is 0 Å². The molecular formula is C5H7S2. The summed E-state index contributed by atoms with van der Waals surface area (Å²) in [6, 6.07) is 0. The molecule has 0 aliphatic carbocycles. The second-order valence-corrected chi connectivity index (χ2v) is 3.79. The molecule has 0 atom stereocenters. The van der Waals surface area contributed by atoms with E-state index in [4.69, 9.17) is 0 Å². The van der Waals surface area contributed by atoms with Crippen molar-refractivity contribution in [3.05, 3.63) is 17.7 Å². The lowest BCUT2D eigenvalue weighted by atomic mass is 10.6. The molecule has 1 heterocycles. The molecule has 0 spiro atoms. The molecule has 0 aromatic heterocycles. The van der Waals surface area contributed by atoms with E-state index in [9.17, 15) is 0 Å². The standard InChI is InChI=1S/C5H7S2/c1-2-5-6-3-4-7-5/h3-5H,1-2H2. The van der Waals surface area contributed by atoms with Gasteiger partial charge in [-0.05, 0) is 17.2 Å². The molecule has 0 fully saturated rings. The van der Waals surface area contributed by atoms with E-state index >= 15 is 0 Å². The van der Waals surface area contributed by atoms with Crippen LogP contribution in [0, 0.1) is 6.92 Å². The van der Waals surface area contributed by atoms with Gasteiger partial charge in [0.25, 0.3) is 0 Å². The van der Waals surface area contributed by atoms with Crippen LogP contribution in [0.25, 0.3) is 0 Å². The molecule has 1 aliphatic heterocycles. The third-order valence-electron chi connectivity index (χ3n) is 0.752. The van der Waals surface area contributed by atoms with Gasteiger partial charge in [0.2, 0.25) is 0 Å². The first-order valence-corrected chi connectivity index (χ1v) is 4.07. The second-order valence-electron chi connectivity index (χ2n) is 1.26. The summed E-state index contributed by atoms with van der Waals surface area (Å²) >= 11 is 3.72. The Kier molecular flexibility index (Phi) is 2.13. The molecule has 0 amide bonds. The van der Waals surface area contributed by atoms with Crippen LogP contribution in [0.4, 0.5) is 0 Å². The minimum Gasteiger partial charge on any atom is -0.119 e. The Labute approximate surface area is 52.7 Å². The van der Waals surface area contributed by atoms with E-state index < -0.39 is 0 Å². The molecule has 0 aromatic rings. The largest absolute Gasteiger partial charge is 0.119 e. The van der Waals surface area contributed by atoms with E-state index in [-0.39, 0.29) is 0 Å². The highest BCUT2D eigenvalue weighted by atomic mass is 32.2. The highest BCUT2D eigenvalue weighted by Gasteiger charge is 2.06. The fourth-order valence-electron chi connectivity index (χ4n) is 0.408. The molecule has 0 bridgehead atoms. The van der Waals surface area contributed by atoms with Crippen LogP contribution < -0.4 is 0 Å². The quantitative estimate of drug-likeness (QED) is 0.536. The maximum atomic E-state index is 3.79. The zero-order chi connectivity index (χ0) is 5.11. The Morgan fingerprint density at radius 2 is 2.00 bits per heavy atom. The summed E-state index contributed by atoms with van der Waals surface area (Å²) in [4.78, 5) is 0. The summed E-state index contributed by atoms with van der Waals surface area (Å²) in [5.74, 6) is 0. The van der Waals surface area contributed by atoms with Gasteiger partial charge in [0, 0.05) is 0 Å². The van der Waals surface area contributed by atoms with Crippen molar-refractivity contribution in [2.24, 2.45) is 0 Å². The molecule has 0 unspecified atom stereocenters. The fraction of sp³-hybridized carbons (Fsp3) is 0.400. The summed E-state index contributed by atoms with van der Waals surface area (Å²) in [5, 5.41) is 4.25. The SMILES string of the molecule is [CH2]CC1SC=CS1. The number of thioether (sulfide) groups is 2. The van der Waals surface area contributed by atoms with Gasteiger partial charge in [-0.15, -0.1) is 23.5 Å². The molecule has 0 saturated carbocycles. The molecule has 0 nitrogen and oxygen atoms in total. The predicted molar refractivity (Wildman–Crippen MR) is 38.1 cm³/mol. The van der Waals surface area contributed by atoms with Crippen LogP contribution in [0.1, 0.15) is 6.42 Å². The van der Waals surface area contributed by atoms with Gasteiger partial charge in [-0.3, -0.25) is 0 Å². The van der Waals surface area contributed by atoms with E-state index in [2.05, 4.69) is 17.7 Å². The number of hydrogen-bond acceptors (Lipinski definition) is 2. The van der Waals surface area contributed by atoms with E-state index in [1.54, 1.807) is 0 Å². The average Bonchev–Trinajstić information content (AvgIpc) is 2.14. The van der Waals surface area contributed by atoms with Crippen molar-refractivity contribution in [1.82, 2.24) is 0 Å². The van der Waals surface area contributed by atoms with Crippen LogP contribution in [0.3, 0.4) is 0 Å². The van der Waals surface area contributed by atoms with Crippen LogP contribution in [-0.4, -0.2) is 4.58 Å². The maximum Gasteiger partial charge on any atom is 0.0585 e. The maximum absolute atomic E-state index is 3.79. The third-order valence-corrected chi connectivity index (χ3v) is 3.26. The number of rotatable bonds is 1. The first kappa shape index (κ1) is 5.57. The van der Waals surface area contributed by atoms with E-state index in [1.165, 1.54) is 0 Å². The monoisotopic (exact) mass is 131 g/mol. The van der Waals surface area contributed by atoms with Gasteiger partial charge in [0.1, 0.15) is 0 Å². The summed E-state index contributed by atoms with van der Waals surface area (Å²) in [6.07, 6.45) is 1.03. The van der Waals surface area contributed by atoms with Crippen LogP contribution in [-0.2, 0) is 0 Å². The lowest BCUT2D eigenvalue weighted by molar-refractivity contribution is 1.19. The summed E-state index contributed by atoms with van der Waals surface area (Å²) in [7, 11) is 0. The minimum absolute atomic E-state index is 0.708. The van der Waals surface area contributed by atoms with Crippen LogP contribution in [0.2, 0.25) is 0 Å². The van der Waals surface area contributed by atoms with E-state index in [0.717, 1.165) is 6.42 Å². The lowest BCUT2D eigenvalue weighted by Gasteiger charge is -1.98. The van der Waals surface area contributed by atoms with Gasteiger partial charge in [-0.1, -0.05) is 6.92 Å². The Bertz CT molecular complexity index is 70.1. The minimum atomic E-state index is 0.708. The van der Waals surface area contributed by atoms with Crippen LogP contribution >= 0.6 is 23.5 Å². The highest BCUT2D eigenvalue weighted by Crippen LogP contribution is 2.34. The van der Waals surface area contributed by atoms with Gasteiger partial charge in [0.05, 0.1) is 4.58 Å². The molecule has 1 aliphatic rings. The Morgan fingerprint density at radius 3 is 2.29 bits per heavy atom. The highest BCUT2D eigenvalue weighted by molar-refractivity contribution is 8.22. The molecule has 7 heavy (non-hydrogen) atoms. The molecular weight excluding hydrogens is 124 g/mol. The first-order chi connectivity index (χ1) is 3.43. The predicted octanol–water partition coefficient (Wildman–Crippen LogP) is 2.49. The summed E-state index contributed by atoms with van der Waals surface area (Å²) in [5.41, 5.74) is 0. The fourth-order valence-corrected chi connectivity index (χ4v) is 2.18. The smallest absolute Gasteiger partial charge is 0.0585 e. The van der Waals surface area contributed by atoms with Gasteiger partial charge >= 0.3 is 0 Å². The molecule has 1 rings (SSSR count). The molecule has 0 aromatic carbocycles. The summed E-state index contributed by atoms with van der Waals surface area (Å²) in [6.45, 7) is 3.79. The Morgan fingerprint density at radius 1 is 1.43 bits per heavy atom. The van der Waals surface area contributed by atoms with Crippen molar-refractivity contribution in [3.63, 3.8) is 0 Å². The van der Waals surface area contributed by atoms with Gasteiger partial charge in [-0.25, -0.2) is 0 Å². The normalized spacial score (nSPS) is 21.3. The van der Waals surface area contributed by atoms with Gasteiger partial charge in [0.15, 0.2) is 0 Å². The number of hydrogen-bond donors (Lipinski definition) is 0. The van der Waals surface area contributed by atoms with Crippen LogP contribution in [0.5, 0.6) is 0 Å². The molecule has 0 N–H and O–H groups in total. The Balaban J connectivity index is 2.22. The zero-order valence-corrected chi connectivity index (χ0v) is 5.60. The van der Waals surface area contributed by atoms with Crippen molar-refractivity contribution in [3.8, 4) is 0 Å². The van der Waals surface area contributed by atoms with Crippen molar-refractivity contribution in [1.29, 1.82) is 0 Å². The van der Waals surface area contributed by atoms with Gasteiger partial charge in [-0.2, -0.15) is 0 Å². The van der Waals surface area contributed by atoms with Crippen molar-refractivity contribution < 1.29 is 0 Å². The van der Waals surface area contributed by atoms with E-state index in [1.807, 2.05) is 23.5 Å². The van der Waals surface area contributed by atoms with Crippen molar-refractivity contribution in [2.45, 2.75) is 11.0 Å². The van der Waals surface area contributed by atoms with Crippen LogP contribution in [0.15, 0.2) is 10.8 Å². The second kappa shape index (κ2) is 2.68. The molecule has 1 radical (unpaired) electrons. The first-order valence-electron chi connectivity index (χ1n) is 2.18. The molecule has 2 heteroatoms. The molecule has 39 valence electrons. The molecule has 0 saturated heterocycles. The van der Waals surface area contributed by atoms with E-state index in [0.29, 0.717) is 4.58 Å². The van der Waals surface area contributed by atoms with Crippen molar-refractivity contribution in [2.75, 3.05) is 0 Å².